The lowest BCUT2D eigenvalue weighted by molar-refractivity contribution is -0.125. The summed E-state index contributed by atoms with van der Waals surface area (Å²) in [5.41, 5.74) is 2.92. The second-order valence-corrected chi connectivity index (χ2v) is 6.60. The van der Waals surface area contributed by atoms with Gasteiger partial charge < -0.3 is 10.2 Å². The van der Waals surface area contributed by atoms with Crippen molar-refractivity contribution in [2.45, 2.75) is 33.1 Å². The van der Waals surface area contributed by atoms with Gasteiger partial charge in [-0.15, -0.1) is 0 Å². The molecule has 0 aromatic carbocycles. The molecule has 1 fully saturated rings. The molecule has 6 nitrogen and oxygen atoms in total. The van der Waals surface area contributed by atoms with Crippen LogP contribution in [0.5, 0.6) is 0 Å². The number of anilines is 1. The number of pyridine rings is 1. The molecule has 132 valence electrons. The van der Waals surface area contributed by atoms with Crippen molar-refractivity contribution in [1.82, 2.24) is 20.3 Å². The minimum absolute atomic E-state index is 0.0121. The smallest absolute Gasteiger partial charge is 0.225 e. The minimum atomic E-state index is -0.0121. The van der Waals surface area contributed by atoms with Gasteiger partial charge in [0.05, 0.1) is 5.92 Å². The van der Waals surface area contributed by atoms with Crippen molar-refractivity contribution in [3.8, 4) is 0 Å². The van der Waals surface area contributed by atoms with E-state index in [0.717, 1.165) is 48.8 Å². The summed E-state index contributed by atoms with van der Waals surface area (Å²) in [4.78, 5) is 28.0. The van der Waals surface area contributed by atoms with Crippen LogP contribution in [0, 0.1) is 19.8 Å². The van der Waals surface area contributed by atoms with E-state index in [1.54, 1.807) is 6.20 Å². The average Bonchev–Trinajstić information content (AvgIpc) is 2.62. The SMILES string of the molecule is Cc1cc(C)nc(N2CCCC(C(=O)NCCc3ccccn3)C2)n1. The molecule has 1 aliphatic rings. The largest absolute Gasteiger partial charge is 0.355 e. The van der Waals surface area contributed by atoms with Gasteiger partial charge in [0, 0.05) is 49.3 Å². The predicted octanol–water partition coefficient (Wildman–Crippen LogP) is 2.06. The van der Waals surface area contributed by atoms with E-state index in [2.05, 4.69) is 25.2 Å². The number of aromatic nitrogens is 3. The first kappa shape index (κ1) is 17.3. The van der Waals surface area contributed by atoms with Gasteiger partial charge in [-0.1, -0.05) is 6.07 Å². The molecule has 0 bridgehead atoms. The van der Waals surface area contributed by atoms with Gasteiger partial charge in [-0.2, -0.15) is 0 Å². The van der Waals surface area contributed by atoms with Crippen molar-refractivity contribution in [3.63, 3.8) is 0 Å². The highest BCUT2D eigenvalue weighted by Crippen LogP contribution is 2.21. The van der Waals surface area contributed by atoms with Crippen molar-refractivity contribution in [2.24, 2.45) is 5.92 Å². The Kier molecular flexibility index (Phi) is 5.58. The molecule has 2 aromatic rings. The zero-order valence-corrected chi connectivity index (χ0v) is 14.9. The predicted molar refractivity (Wildman–Crippen MR) is 97.4 cm³/mol. The van der Waals surface area contributed by atoms with Gasteiger partial charge in [0.25, 0.3) is 0 Å². The third-order valence-corrected chi connectivity index (χ3v) is 4.45. The molecule has 1 saturated heterocycles. The molecular weight excluding hydrogens is 314 g/mol. The second kappa shape index (κ2) is 8.05. The number of nitrogens with zero attached hydrogens (tertiary/aromatic N) is 4. The topological polar surface area (TPSA) is 71.0 Å². The number of amides is 1. The van der Waals surface area contributed by atoms with Gasteiger partial charge in [0.2, 0.25) is 11.9 Å². The molecule has 0 spiro atoms. The van der Waals surface area contributed by atoms with Crippen LogP contribution in [0.25, 0.3) is 0 Å². The van der Waals surface area contributed by atoms with Crippen LogP contribution in [0.1, 0.15) is 29.9 Å². The lowest BCUT2D eigenvalue weighted by Gasteiger charge is -2.32. The Bertz CT molecular complexity index is 699. The second-order valence-electron chi connectivity index (χ2n) is 6.60. The van der Waals surface area contributed by atoms with E-state index in [9.17, 15) is 4.79 Å². The van der Waals surface area contributed by atoms with E-state index in [0.29, 0.717) is 13.1 Å². The number of hydrogen-bond acceptors (Lipinski definition) is 5. The summed E-state index contributed by atoms with van der Waals surface area (Å²) in [5, 5.41) is 3.05. The van der Waals surface area contributed by atoms with Gasteiger partial charge >= 0.3 is 0 Å². The van der Waals surface area contributed by atoms with Gasteiger partial charge in [0.15, 0.2) is 0 Å². The molecule has 3 rings (SSSR count). The van der Waals surface area contributed by atoms with E-state index in [-0.39, 0.29) is 11.8 Å². The molecule has 1 atom stereocenters. The van der Waals surface area contributed by atoms with Crippen LogP contribution in [0.15, 0.2) is 30.5 Å². The molecule has 6 heteroatoms. The molecule has 0 saturated carbocycles. The summed E-state index contributed by atoms with van der Waals surface area (Å²) < 4.78 is 0. The molecule has 1 unspecified atom stereocenters. The third kappa shape index (κ3) is 4.75. The monoisotopic (exact) mass is 339 g/mol. The third-order valence-electron chi connectivity index (χ3n) is 4.45. The fourth-order valence-electron chi connectivity index (χ4n) is 3.23. The lowest BCUT2D eigenvalue weighted by atomic mass is 9.97. The molecule has 1 amide bonds. The summed E-state index contributed by atoms with van der Waals surface area (Å²) in [6, 6.07) is 7.81. The Morgan fingerprint density at radius 3 is 2.80 bits per heavy atom. The van der Waals surface area contributed by atoms with E-state index in [1.165, 1.54) is 0 Å². The van der Waals surface area contributed by atoms with Crippen LogP contribution in [0.4, 0.5) is 5.95 Å². The Balaban J connectivity index is 1.54. The number of nitrogens with one attached hydrogen (secondary N) is 1. The maximum atomic E-state index is 12.5. The van der Waals surface area contributed by atoms with E-state index < -0.39 is 0 Å². The summed E-state index contributed by atoms with van der Waals surface area (Å²) in [6.45, 7) is 6.15. The quantitative estimate of drug-likeness (QED) is 0.903. The standard InChI is InChI=1S/C19H25N5O/c1-14-12-15(2)23-19(22-14)24-11-5-6-16(13-24)18(25)21-10-8-17-7-3-4-9-20-17/h3-4,7,9,12,16H,5-6,8,10-11,13H2,1-2H3,(H,21,25). The maximum absolute atomic E-state index is 12.5. The number of carbonyl (C=O) groups excluding carboxylic acids is 1. The highest BCUT2D eigenvalue weighted by molar-refractivity contribution is 5.79. The molecule has 1 aliphatic heterocycles. The average molecular weight is 339 g/mol. The zero-order valence-electron chi connectivity index (χ0n) is 14.9. The van der Waals surface area contributed by atoms with Gasteiger partial charge in [-0.25, -0.2) is 9.97 Å². The maximum Gasteiger partial charge on any atom is 0.225 e. The number of aryl methyl sites for hydroxylation is 2. The van der Waals surface area contributed by atoms with Gasteiger partial charge in [-0.3, -0.25) is 9.78 Å². The first-order valence-electron chi connectivity index (χ1n) is 8.86. The van der Waals surface area contributed by atoms with Crippen molar-refractivity contribution in [3.05, 3.63) is 47.5 Å². The van der Waals surface area contributed by atoms with Crippen LogP contribution < -0.4 is 10.2 Å². The molecule has 0 aliphatic carbocycles. The number of carbonyl (C=O) groups is 1. The molecule has 3 heterocycles. The van der Waals surface area contributed by atoms with Crippen LogP contribution in [0.3, 0.4) is 0 Å². The van der Waals surface area contributed by atoms with E-state index >= 15 is 0 Å². The minimum Gasteiger partial charge on any atom is -0.355 e. The van der Waals surface area contributed by atoms with Gasteiger partial charge in [-0.05, 0) is 44.9 Å². The first-order chi connectivity index (χ1) is 12.1. The number of piperidine rings is 1. The lowest BCUT2D eigenvalue weighted by Crippen LogP contribution is -2.44. The van der Waals surface area contributed by atoms with E-state index in [4.69, 9.17) is 0 Å². The van der Waals surface area contributed by atoms with Gasteiger partial charge in [0.1, 0.15) is 0 Å². The van der Waals surface area contributed by atoms with Crippen LogP contribution in [-0.4, -0.2) is 40.5 Å². The summed E-state index contributed by atoms with van der Waals surface area (Å²) in [7, 11) is 0. The molecule has 1 N–H and O–H groups in total. The number of hydrogen-bond donors (Lipinski definition) is 1. The highest BCUT2D eigenvalue weighted by Gasteiger charge is 2.27. The van der Waals surface area contributed by atoms with Crippen molar-refractivity contribution in [1.29, 1.82) is 0 Å². The zero-order chi connectivity index (χ0) is 17.6. The summed E-state index contributed by atoms with van der Waals surface area (Å²) >= 11 is 0. The molecule has 0 radical (unpaired) electrons. The highest BCUT2D eigenvalue weighted by atomic mass is 16.1. The normalized spacial score (nSPS) is 17.4. The summed E-state index contributed by atoms with van der Waals surface area (Å²) in [5.74, 6) is 0.843. The Labute approximate surface area is 148 Å². The van der Waals surface area contributed by atoms with E-state index in [1.807, 2.05) is 38.1 Å². The van der Waals surface area contributed by atoms with Crippen LogP contribution >= 0.6 is 0 Å². The molecular formula is C19H25N5O. The van der Waals surface area contributed by atoms with Crippen LogP contribution in [0.2, 0.25) is 0 Å². The summed E-state index contributed by atoms with van der Waals surface area (Å²) in [6.07, 6.45) is 4.43. The van der Waals surface area contributed by atoms with Crippen molar-refractivity contribution < 1.29 is 4.79 Å². The first-order valence-corrected chi connectivity index (χ1v) is 8.86. The van der Waals surface area contributed by atoms with Crippen molar-refractivity contribution in [2.75, 3.05) is 24.5 Å². The van der Waals surface area contributed by atoms with Crippen LogP contribution in [-0.2, 0) is 11.2 Å². The Morgan fingerprint density at radius 2 is 2.08 bits per heavy atom. The van der Waals surface area contributed by atoms with Crippen molar-refractivity contribution >= 4 is 11.9 Å². The fourth-order valence-corrected chi connectivity index (χ4v) is 3.23. The molecule has 25 heavy (non-hydrogen) atoms. The fraction of sp³-hybridized carbons (Fsp3) is 0.474. The number of rotatable bonds is 5. The Hall–Kier alpha value is -2.50. The Morgan fingerprint density at radius 1 is 1.28 bits per heavy atom. The molecule has 2 aromatic heterocycles.